The molecule has 1 aliphatic heterocycles. The Labute approximate surface area is 156 Å². The number of thiophene rings is 1. The van der Waals surface area contributed by atoms with Gasteiger partial charge in [0.2, 0.25) is 5.95 Å². The Bertz CT molecular complexity index is 667. The summed E-state index contributed by atoms with van der Waals surface area (Å²) in [6.45, 7) is 3.33. The first-order valence-corrected chi connectivity index (χ1v) is 9.83. The molecule has 7 heteroatoms. The number of likely N-dealkylation sites (tertiary alicyclic amines) is 1. The van der Waals surface area contributed by atoms with E-state index < -0.39 is 0 Å². The minimum absolute atomic E-state index is 0.543. The van der Waals surface area contributed by atoms with Gasteiger partial charge in [0.25, 0.3) is 0 Å². The van der Waals surface area contributed by atoms with Gasteiger partial charge in [-0.05, 0) is 47.0 Å². The third kappa shape index (κ3) is 4.26. The summed E-state index contributed by atoms with van der Waals surface area (Å²) < 4.78 is 1.22. The van der Waals surface area contributed by atoms with E-state index >= 15 is 0 Å². The number of aromatic nitrogens is 2. The predicted octanol–water partition coefficient (Wildman–Crippen LogP) is 3.47. The molecule has 5 nitrogen and oxygen atoms in total. The molecule has 0 unspecified atom stereocenters. The highest BCUT2D eigenvalue weighted by atomic mass is 79.9. The molecular formula is C17H24BrN5S. The summed E-state index contributed by atoms with van der Waals surface area (Å²) in [6.07, 6.45) is 4.19. The van der Waals surface area contributed by atoms with Crippen molar-refractivity contribution >= 4 is 39.0 Å². The van der Waals surface area contributed by atoms with Gasteiger partial charge in [-0.25, -0.2) is 4.98 Å². The van der Waals surface area contributed by atoms with Gasteiger partial charge in [-0.15, -0.1) is 11.3 Å². The molecule has 0 amide bonds. The molecule has 1 aliphatic rings. The van der Waals surface area contributed by atoms with Crippen LogP contribution in [-0.2, 0) is 6.54 Å². The highest BCUT2D eigenvalue weighted by molar-refractivity contribution is 9.11. The zero-order chi connectivity index (χ0) is 17.1. The highest BCUT2D eigenvalue weighted by Crippen LogP contribution is 2.26. The second kappa shape index (κ2) is 7.80. The van der Waals surface area contributed by atoms with Gasteiger partial charge in [0.15, 0.2) is 0 Å². The fourth-order valence-electron chi connectivity index (χ4n) is 3.06. The quantitative estimate of drug-likeness (QED) is 0.755. The Morgan fingerprint density at radius 1 is 1.21 bits per heavy atom. The molecule has 0 aliphatic carbocycles. The van der Waals surface area contributed by atoms with Crippen LogP contribution in [0.1, 0.15) is 17.7 Å². The van der Waals surface area contributed by atoms with Crippen molar-refractivity contribution < 1.29 is 0 Å². The van der Waals surface area contributed by atoms with Crippen molar-refractivity contribution in [2.24, 2.45) is 0 Å². The first-order valence-electron chi connectivity index (χ1n) is 8.22. The van der Waals surface area contributed by atoms with E-state index in [1.54, 1.807) is 0 Å². The summed E-state index contributed by atoms with van der Waals surface area (Å²) in [5, 5.41) is 0. The Kier molecular flexibility index (Phi) is 5.73. The number of piperidine rings is 1. The molecule has 1 saturated heterocycles. The first kappa shape index (κ1) is 17.6. The van der Waals surface area contributed by atoms with Crippen molar-refractivity contribution in [2.75, 3.05) is 44.0 Å². The number of halogens is 1. The summed E-state index contributed by atoms with van der Waals surface area (Å²) in [4.78, 5) is 17.2. The summed E-state index contributed by atoms with van der Waals surface area (Å²) in [7, 11) is 6.10. The Morgan fingerprint density at radius 3 is 2.58 bits per heavy atom. The van der Waals surface area contributed by atoms with E-state index in [2.05, 4.69) is 54.9 Å². The molecule has 0 spiro atoms. The van der Waals surface area contributed by atoms with Gasteiger partial charge in [0.1, 0.15) is 5.82 Å². The normalized spacial score (nSPS) is 16.3. The standard InChI is InChI=1S/C17H24BrN5S/c1-21(2)17-19-9-6-16(20-17)22(3)13-7-10-23(11-8-13)12-14-4-5-15(18)24-14/h4-6,9,13H,7-8,10-12H2,1-3H3. The van der Waals surface area contributed by atoms with E-state index in [0.717, 1.165) is 31.4 Å². The van der Waals surface area contributed by atoms with E-state index in [-0.39, 0.29) is 0 Å². The lowest BCUT2D eigenvalue weighted by Crippen LogP contribution is -2.43. The lowest BCUT2D eigenvalue weighted by molar-refractivity contribution is 0.205. The minimum Gasteiger partial charge on any atom is -0.356 e. The van der Waals surface area contributed by atoms with Crippen LogP contribution in [-0.4, -0.2) is 55.1 Å². The topological polar surface area (TPSA) is 35.5 Å². The zero-order valence-electron chi connectivity index (χ0n) is 14.4. The van der Waals surface area contributed by atoms with Crippen LogP contribution in [0.2, 0.25) is 0 Å². The molecule has 0 radical (unpaired) electrons. The molecule has 0 bridgehead atoms. The molecule has 0 N–H and O–H groups in total. The van der Waals surface area contributed by atoms with Gasteiger partial charge < -0.3 is 9.80 Å². The number of hydrogen-bond acceptors (Lipinski definition) is 6. The monoisotopic (exact) mass is 409 g/mol. The number of rotatable bonds is 5. The second-order valence-electron chi connectivity index (χ2n) is 6.43. The van der Waals surface area contributed by atoms with E-state index in [1.807, 2.05) is 42.6 Å². The van der Waals surface area contributed by atoms with E-state index in [1.165, 1.54) is 21.5 Å². The van der Waals surface area contributed by atoms with Crippen LogP contribution < -0.4 is 9.80 Å². The van der Waals surface area contributed by atoms with E-state index in [4.69, 9.17) is 0 Å². The largest absolute Gasteiger partial charge is 0.356 e. The van der Waals surface area contributed by atoms with Crippen LogP contribution in [0, 0.1) is 0 Å². The van der Waals surface area contributed by atoms with Crippen LogP contribution in [0.15, 0.2) is 28.2 Å². The van der Waals surface area contributed by atoms with Crippen molar-refractivity contribution in [2.45, 2.75) is 25.4 Å². The maximum Gasteiger partial charge on any atom is 0.226 e. The lowest BCUT2D eigenvalue weighted by Gasteiger charge is -2.37. The van der Waals surface area contributed by atoms with Gasteiger partial charge in [0, 0.05) is 57.9 Å². The van der Waals surface area contributed by atoms with Crippen LogP contribution in [0.5, 0.6) is 0 Å². The highest BCUT2D eigenvalue weighted by Gasteiger charge is 2.24. The molecule has 0 saturated carbocycles. The second-order valence-corrected chi connectivity index (χ2v) is 8.98. The molecule has 1 fully saturated rings. The number of hydrogen-bond donors (Lipinski definition) is 0. The maximum atomic E-state index is 4.66. The smallest absolute Gasteiger partial charge is 0.226 e. The summed E-state index contributed by atoms with van der Waals surface area (Å²) >= 11 is 5.38. The minimum atomic E-state index is 0.543. The van der Waals surface area contributed by atoms with Crippen molar-refractivity contribution in [3.8, 4) is 0 Å². The predicted molar refractivity (Wildman–Crippen MR) is 105 cm³/mol. The fraction of sp³-hybridized carbons (Fsp3) is 0.529. The maximum absolute atomic E-state index is 4.66. The number of anilines is 2. The third-order valence-electron chi connectivity index (χ3n) is 4.50. The molecule has 0 aromatic carbocycles. The number of nitrogens with zero attached hydrogens (tertiary/aromatic N) is 5. The van der Waals surface area contributed by atoms with E-state index in [9.17, 15) is 0 Å². The van der Waals surface area contributed by atoms with E-state index in [0.29, 0.717) is 6.04 Å². The van der Waals surface area contributed by atoms with Gasteiger partial charge in [0.05, 0.1) is 3.79 Å². The van der Waals surface area contributed by atoms with Crippen LogP contribution in [0.3, 0.4) is 0 Å². The van der Waals surface area contributed by atoms with Gasteiger partial charge in [-0.3, -0.25) is 4.90 Å². The fourth-order valence-corrected chi connectivity index (χ4v) is 4.59. The first-order chi connectivity index (χ1) is 11.5. The molecule has 2 aromatic heterocycles. The molecule has 3 rings (SSSR count). The molecular weight excluding hydrogens is 386 g/mol. The van der Waals surface area contributed by atoms with Crippen molar-refractivity contribution in [1.29, 1.82) is 0 Å². The van der Waals surface area contributed by atoms with Gasteiger partial charge in [-0.1, -0.05) is 0 Å². The Morgan fingerprint density at radius 2 is 1.96 bits per heavy atom. The van der Waals surface area contributed by atoms with Crippen LogP contribution in [0.25, 0.3) is 0 Å². The Hall–Kier alpha value is -1.18. The van der Waals surface area contributed by atoms with Crippen LogP contribution in [0.4, 0.5) is 11.8 Å². The van der Waals surface area contributed by atoms with Crippen molar-refractivity contribution in [1.82, 2.24) is 14.9 Å². The summed E-state index contributed by atoms with van der Waals surface area (Å²) in [5.41, 5.74) is 0. The molecule has 0 atom stereocenters. The molecule has 3 heterocycles. The zero-order valence-corrected chi connectivity index (χ0v) is 16.8. The van der Waals surface area contributed by atoms with Gasteiger partial charge >= 0.3 is 0 Å². The van der Waals surface area contributed by atoms with Gasteiger partial charge in [-0.2, -0.15) is 4.98 Å². The summed E-state index contributed by atoms with van der Waals surface area (Å²) in [5.74, 6) is 1.77. The van der Waals surface area contributed by atoms with Crippen molar-refractivity contribution in [3.05, 3.63) is 33.1 Å². The molecule has 2 aromatic rings. The molecule has 130 valence electrons. The van der Waals surface area contributed by atoms with Crippen molar-refractivity contribution in [3.63, 3.8) is 0 Å². The molecule has 24 heavy (non-hydrogen) atoms. The Balaban J connectivity index is 1.56. The average Bonchev–Trinajstić information content (AvgIpc) is 3.00. The average molecular weight is 410 g/mol. The third-order valence-corrected chi connectivity index (χ3v) is 6.11. The SMILES string of the molecule is CN(C)c1nccc(N(C)C2CCN(Cc3ccc(Br)s3)CC2)n1. The summed E-state index contributed by atoms with van der Waals surface area (Å²) in [6, 6.07) is 6.90. The lowest BCUT2D eigenvalue weighted by atomic mass is 10.0. The van der Waals surface area contributed by atoms with Crippen LogP contribution >= 0.6 is 27.3 Å².